The van der Waals surface area contributed by atoms with Gasteiger partial charge in [-0.2, -0.15) is 0 Å². The van der Waals surface area contributed by atoms with Crippen molar-refractivity contribution in [2.45, 2.75) is 37.8 Å². The largest absolute Gasteiger partial charge is 0.480 e. The molecule has 0 spiro atoms. The Kier molecular flexibility index (Phi) is 5.12. The van der Waals surface area contributed by atoms with Crippen LogP contribution in [-0.4, -0.2) is 35.6 Å². The highest BCUT2D eigenvalue weighted by Gasteiger charge is 2.26. The number of carboxylic acids is 1. The standard InChI is InChI=1S/C15H20N2O3/c18-14(12-7-4-10-16-12)17-13(15(19)20)9-8-11-5-2-1-3-6-11/h1-3,5-6,12-13,16H,4,7-10H2,(H,17,18)(H,19,20)/t12-,13+/m0/s1. The quantitative estimate of drug-likeness (QED) is 0.722. The van der Waals surface area contributed by atoms with Gasteiger partial charge in [0.05, 0.1) is 6.04 Å². The molecule has 5 nitrogen and oxygen atoms in total. The number of benzene rings is 1. The number of nitrogens with one attached hydrogen (secondary N) is 2. The van der Waals surface area contributed by atoms with Crippen LogP contribution >= 0.6 is 0 Å². The Labute approximate surface area is 118 Å². The Balaban J connectivity index is 1.87. The molecule has 3 N–H and O–H groups in total. The molecule has 2 rings (SSSR count). The molecule has 0 unspecified atom stereocenters. The summed E-state index contributed by atoms with van der Waals surface area (Å²) in [6, 6.07) is 8.61. The zero-order valence-electron chi connectivity index (χ0n) is 11.3. The summed E-state index contributed by atoms with van der Waals surface area (Å²) >= 11 is 0. The molecule has 1 aromatic rings. The van der Waals surface area contributed by atoms with E-state index in [1.165, 1.54) is 0 Å². The molecule has 1 aromatic carbocycles. The third-order valence-electron chi connectivity index (χ3n) is 3.56. The lowest BCUT2D eigenvalue weighted by molar-refractivity contribution is -0.142. The van der Waals surface area contributed by atoms with Crippen molar-refractivity contribution in [1.29, 1.82) is 0 Å². The van der Waals surface area contributed by atoms with Crippen molar-refractivity contribution >= 4 is 11.9 Å². The van der Waals surface area contributed by atoms with Crippen molar-refractivity contribution in [3.8, 4) is 0 Å². The van der Waals surface area contributed by atoms with Crippen LogP contribution in [0.15, 0.2) is 30.3 Å². The Morgan fingerprint density at radius 2 is 2.10 bits per heavy atom. The highest BCUT2D eigenvalue weighted by atomic mass is 16.4. The van der Waals surface area contributed by atoms with Gasteiger partial charge in [0.25, 0.3) is 0 Å². The molecule has 0 bridgehead atoms. The Morgan fingerprint density at radius 3 is 2.70 bits per heavy atom. The summed E-state index contributed by atoms with van der Waals surface area (Å²) in [4.78, 5) is 23.2. The lowest BCUT2D eigenvalue weighted by Crippen LogP contribution is -2.48. The molecule has 108 valence electrons. The molecule has 0 aliphatic carbocycles. The van der Waals surface area contributed by atoms with Gasteiger partial charge in [-0.15, -0.1) is 0 Å². The van der Waals surface area contributed by atoms with Gasteiger partial charge < -0.3 is 15.7 Å². The van der Waals surface area contributed by atoms with Crippen molar-refractivity contribution in [2.24, 2.45) is 0 Å². The minimum Gasteiger partial charge on any atom is -0.480 e. The van der Waals surface area contributed by atoms with Crippen LogP contribution in [0.3, 0.4) is 0 Å². The Morgan fingerprint density at radius 1 is 1.35 bits per heavy atom. The summed E-state index contributed by atoms with van der Waals surface area (Å²) in [5.74, 6) is -1.18. The molecule has 2 atom stereocenters. The van der Waals surface area contributed by atoms with Gasteiger partial charge in [0.15, 0.2) is 0 Å². The molecular weight excluding hydrogens is 256 g/mol. The van der Waals surface area contributed by atoms with Crippen molar-refractivity contribution in [1.82, 2.24) is 10.6 Å². The van der Waals surface area contributed by atoms with Crippen LogP contribution in [-0.2, 0) is 16.0 Å². The third kappa shape index (κ3) is 4.06. The molecule has 1 aliphatic rings. The van der Waals surface area contributed by atoms with Crippen LogP contribution in [0.1, 0.15) is 24.8 Å². The number of carbonyl (C=O) groups is 2. The van der Waals surface area contributed by atoms with E-state index in [1.807, 2.05) is 30.3 Å². The van der Waals surface area contributed by atoms with E-state index >= 15 is 0 Å². The molecule has 1 heterocycles. The summed E-state index contributed by atoms with van der Waals surface area (Å²) < 4.78 is 0. The number of rotatable bonds is 6. The third-order valence-corrected chi connectivity index (χ3v) is 3.56. The number of hydrogen-bond donors (Lipinski definition) is 3. The first-order valence-corrected chi connectivity index (χ1v) is 6.97. The number of aryl methyl sites for hydroxylation is 1. The molecule has 1 aliphatic heterocycles. The molecule has 20 heavy (non-hydrogen) atoms. The molecule has 0 saturated carbocycles. The minimum atomic E-state index is -0.979. The van der Waals surface area contributed by atoms with Gasteiger partial charge >= 0.3 is 5.97 Å². The lowest BCUT2D eigenvalue weighted by Gasteiger charge is -2.17. The fourth-order valence-electron chi connectivity index (χ4n) is 2.39. The zero-order chi connectivity index (χ0) is 14.4. The highest BCUT2D eigenvalue weighted by molar-refractivity contribution is 5.87. The average molecular weight is 276 g/mol. The van der Waals surface area contributed by atoms with Crippen LogP contribution in [0, 0.1) is 0 Å². The van der Waals surface area contributed by atoms with E-state index < -0.39 is 12.0 Å². The van der Waals surface area contributed by atoms with Gasteiger partial charge in [-0.25, -0.2) is 4.79 Å². The van der Waals surface area contributed by atoms with Gasteiger partial charge in [-0.05, 0) is 37.8 Å². The van der Waals surface area contributed by atoms with E-state index in [4.69, 9.17) is 0 Å². The summed E-state index contributed by atoms with van der Waals surface area (Å²) in [7, 11) is 0. The van der Waals surface area contributed by atoms with Crippen LogP contribution in [0.4, 0.5) is 0 Å². The molecule has 1 fully saturated rings. The summed E-state index contributed by atoms with van der Waals surface area (Å²) in [6.45, 7) is 0.819. The van der Waals surface area contributed by atoms with Crippen molar-refractivity contribution < 1.29 is 14.7 Å². The Bertz CT molecular complexity index is 455. The monoisotopic (exact) mass is 276 g/mol. The first-order chi connectivity index (χ1) is 9.66. The predicted octanol–water partition coefficient (Wildman–Crippen LogP) is 0.941. The SMILES string of the molecule is O=C(N[C@H](CCc1ccccc1)C(=O)O)[C@@H]1CCCN1. The van der Waals surface area contributed by atoms with Crippen LogP contribution < -0.4 is 10.6 Å². The average Bonchev–Trinajstić information content (AvgIpc) is 2.98. The number of carbonyl (C=O) groups excluding carboxylic acids is 1. The molecule has 1 amide bonds. The minimum absolute atomic E-state index is 0.206. The lowest BCUT2D eigenvalue weighted by atomic mass is 10.0. The molecule has 5 heteroatoms. The predicted molar refractivity (Wildman–Crippen MR) is 75.4 cm³/mol. The fraction of sp³-hybridized carbons (Fsp3) is 0.467. The maximum Gasteiger partial charge on any atom is 0.326 e. The second kappa shape index (κ2) is 7.05. The van der Waals surface area contributed by atoms with E-state index in [2.05, 4.69) is 10.6 Å². The van der Waals surface area contributed by atoms with Gasteiger partial charge in [0.1, 0.15) is 6.04 Å². The molecular formula is C15H20N2O3. The van der Waals surface area contributed by atoms with Gasteiger partial charge in [0.2, 0.25) is 5.91 Å². The van der Waals surface area contributed by atoms with E-state index in [0.29, 0.717) is 12.8 Å². The first kappa shape index (κ1) is 14.5. The molecule has 0 radical (unpaired) electrons. The van der Waals surface area contributed by atoms with E-state index in [0.717, 1.165) is 24.9 Å². The van der Waals surface area contributed by atoms with Crippen molar-refractivity contribution in [3.05, 3.63) is 35.9 Å². The summed E-state index contributed by atoms with van der Waals surface area (Å²) in [6.07, 6.45) is 2.77. The van der Waals surface area contributed by atoms with E-state index in [9.17, 15) is 14.7 Å². The highest BCUT2D eigenvalue weighted by Crippen LogP contribution is 2.08. The maximum atomic E-state index is 11.9. The number of amides is 1. The molecule has 0 aromatic heterocycles. The zero-order valence-corrected chi connectivity index (χ0v) is 11.3. The van der Waals surface area contributed by atoms with Gasteiger partial charge in [-0.1, -0.05) is 30.3 Å². The van der Waals surface area contributed by atoms with Crippen LogP contribution in [0.5, 0.6) is 0 Å². The van der Waals surface area contributed by atoms with Crippen LogP contribution in [0.25, 0.3) is 0 Å². The Hall–Kier alpha value is -1.88. The maximum absolute atomic E-state index is 11.9. The number of hydrogen-bond acceptors (Lipinski definition) is 3. The first-order valence-electron chi connectivity index (χ1n) is 6.97. The smallest absolute Gasteiger partial charge is 0.326 e. The number of aliphatic carboxylic acids is 1. The fourth-order valence-corrected chi connectivity index (χ4v) is 2.39. The van der Waals surface area contributed by atoms with Crippen molar-refractivity contribution in [3.63, 3.8) is 0 Å². The summed E-state index contributed by atoms with van der Waals surface area (Å²) in [5.41, 5.74) is 1.08. The second-order valence-electron chi connectivity index (χ2n) is 5.07. The topological polar surface area (TPSA) is 78.4 Å². The van der Waals surface area contributed by atoms with E-state index in [1.54, 1.807) is 0 Å². The normalized spacial score (nSPS) is 19.5. The van der Waals surface area contributed by atoms with Crippen LogP contribution in [0.2, 0.25) is 0 Å². The van der Waals surface area contributed by atoms with Gasteiger partial charge in [0, 0.05) is 0 Å². The van der Waals surface area contributed by atoms with E-state index in [-0.39, 0.29) is 11.9 Å². The second-order valence-corrected chi connectivity index (χ2v) is 5.07. The summed E-state index contributed by atoms with van der Waals surface area (Å²) in [5, 5.41) is 14.9. The van der Waals surface area contributed by atoms with Crippen molar-refractivity contribution in [2.75, 3.05) is 6.54 Å². The molecule has 1 saturated heterocycles. The van der Waals surface area contributed by atoms with Gasteiger partial charge in [-0.3, -0.25) is 4.79 Å². The number of carboxylic acid groups (broad SMARTS) is 1.